The van der Waals surface area contributed by atoms with E-state index in [1.807, 2.05) is 11.8 Å². The highest BCUT2D eigenvalue weighted by Crippen LogP contribution is 2.15. The Balaban J connectivity index is 0.000000827. The van der Waals surface area contributed by atoms with E-state index in [4.69, 9.17) is 4.74 Å². The van der Waals surface area contributed by atoms with E-state index in [0.29, 0.717) is 18.9 Å². The molecule has 1 aromatic rings. The van der Waals surface area contributed by atoms with Crippen molar-refractivity contribution in [2.75, 3.05) is 31.2 Å². The summed E-state index contributed by atoms with van der Waals surface area (Å²) in [6, 6.07) is 8.91. The van der Waals surface area contributed by atoms with Crippen molar-refractivity contribution < 1.29 is 9.53 Å². The fourth-order valence-electron chi connectivity index (χ4n) is 4.95. The lowest BCUT2D eigenvalue weighted by molar-refractivity contribution is -0.108. The van der Waals surface area contributed by atoms with Gasteiger partial charge < -0.3 is 14.4 Å². The van der Waals surface area contributed by atoms with Crippen molar-refractivity contribution in [1.82, 2.24) is 4.90 Å². The van der Waals surface area contributed by atoms with E-state index in [2.05, 4.69) is 89.1 Å². The van der Waals surface area contributed by atoms with E-state index < -0.39 is 0 Å². The number of rotatable bonds is 27. The van der Waals surface area contributed by atoms with Crippen molar-refractivity contribution in [2.24, 2.45) is 5.92 Å². The molecule has 1 unspecified atom stereocenters. The molecule has 3 nitrogen and oxygen atoms in total. The monoisotopic (exact) mass is 613 g/mol. The number of carbonyl (C=O) groups is 1. The van der Waals surface area contributed by atoms with Crippen LogP contribution in [0, 0.1) is 5.92 Å². The lowest BCUT2D eigenvalue weighted by atomic mass is 9.98. The molecular formula is C39H67NO2S. The normalized spacial score (nSPS) is 11.6. The summed E-state index contributed by atoms with van der Waals surface area (Å²) in [5, 5.41) is 0. The van der Waals surface area contributed by atoms with Crippen LogP contribution >= 0.6 is 11.8 Å². The molecule has 246 valence electrons. The van der Waals surface area contributed by atoms with Crippen LogP contribution in [0.1, 0.15) is 129 Å². The quantitative estimate of drug-likeness (QED) is 0.0427. The summed E-state index contributed by atoms with van der Waals surface area (Å²) < 4.78 is 5.83. The van der Waals surface area contributed by atoms with Crippen LogP contribution in [0.4, 0.5) is 0 Å². The van der Waals surface area contributed by atoms with Gasteiger partial charge in [0.15, 0.2) is 0 Å². The molecule has 0 saturated carbocycles. The van der Waals surface area contributed by atoms with Crippen LogP contribution in [0.2, 0.25) is 0 Å². The number of thioether (sulfide) groups is 1. The Morgan fingerprint density at radius 2 is 1.58 bits per heavy atom. The first-order chi connectivity index (χ1) is 20.9. The fourth-order valence-corrected chi connectivity index (χ4v) is 5.59. The van der Waals surface area contributed by atoms with E-state index in [0.717, 1.165) is 69.4 Å². The molecule has 0 aliphatic carbocycles. The third kappa shape index (κ3) is 24.1. The van der Waals surface area contributed by atoms with Crippen LogP contribution in [0.25, 0.3) is 0 Å². The molecule has 1 rings (SSSR count). The summed E-state index contributed by atoms with van der Waals surface area (Å²) in [4.78, 5) is 13.0. The number of aldehydes is 1. The maximum Gasteiger partial charge on any atom is 0.127 e. The summed E-state index contributed by atoms with van der Waals surface area (Å²) in [6.45, 7) is 22.2. The van der Waals surface area contributed by atoms with Gasteiger partial charge in [-0.3, -0.25) is 0 Å². The van der Waals surface area contributed by atoms with E-state index >= 15 is 0 Å². The SMILES string of the molecule is C=C(CCCSCC)OCC(=C)N(CCCCC)CCCCC.CCCc1cccc(CC/C=C/C(CC=O)CCC)c1. The molecule has 0 spiro atoms. The third-order valence-corrected chi connectivity index (χ3v) is 8.48. The topological polar surface area (TPSA) is 29.5 Å². The number of hydrogen-bond donors (Lipinski definition) is 0. The van der Waals surface area contributed by atoms with Gasteiger partial charge in [-0.1, -0.05) is 123 Å². The highest BCUT2D eigenvalue weighted by molar-refractivity contribution is 7.99. The van der Waals surface area contributed by atoms with Gasteiger partial charge in [-0.05, 0) is 73.5 Å². The second kappa shape index (κ2) is 30.1. The van der Waals surface area contributed by atoms with E-state index in [9.17, 15) is 4.79 Å². The number of benzene rings is 1. The lowest BCUT2D eigenvalue weighted by Crippen LogP contribution is -2.27. The molecule has 0 heterocycles. The summed E-state index contributed by atoms with van der Waals surface area (Å²) in [7, 11) is 0. The molecule has 1 atom stereocenters. The number of allylic oxidation sites excluding steroid dienone is 3. The molecule has 43 heavy (non-hydrogen) atoms. The molecular weight excluding hydrogens is 547 g/mol. The first-order valence-electron chi connectivity index (χ1n) is 17.4. The standard InChI is InChI=1S/C20H39NOS.C19H28O/c1-6-9-11-15-21(16-12-10-7-2)19(4)18-22-20(5)14-13-17-23-8-3;1-3-8-17(14-15-20)10-5-6-11-19-13-7-12-18(16-19)9-4-2/h4-18H2,1-3H3;5,7,10,12-13,15-17H,3-4,6,8-9,11,14H2,1-2H3/b;10-5+. The average molecular weight is 614 g/mol. The van der Waals surface area contributed by atoms with Crippen molar-refractivity contribution >= 4 is 18.0 Å². The van der Waals surface area contributed by atoms with Gasteiger partial charge in [0.1, 0.15) is 12.9 Å². The molecule has 0 bridgehead atoms. The highest BCUT2D eigenvalue weighted by Gasteiger charge is 2.09. The maximum absolute atomic E-state index is 10.6. The van der Waals surface area contributed by atoms with Gasteiger partial charge in [-0.25, -0.2) is 0 Å². The van der Waals surface area contributed by atoms with Gasteiger partial charge in [0.05, 0.1) is 5.76 Å². The Morgan fingerprint density at radius 3 is 2.16 bits per heavy atom. The summed E-state index contributed by atoms with van der Waals surface area (Å²) in [5.74, 6) is 3.73. The van der Waals surface area contributed by atoms with Crippen LogP contribution in [0.5, 0.6) is 0 Å². The van der Waals surface area contributed by atoms with Crippen molar-refractivity contribution in [2.45, 2.75) is 131 Å². The van der Waals surface area contributed by atoms with Gasteiger partial charge in [0, 0.05) is 31.6 Å². The molecule has 0 radical (unpaired) electrons. The summed E-state index contributed by atoms with van der Waals surface area (Å²) in [6.07, 6.45) is 22.7. The third-order valence-electron chi connectivity index (χ3n) is 7.50. The predicted molar refractivity (Wildman–Crippen MR) is 194 cm³/mol. The average Bonchev–Trinajstić information content (AvgIpc) is 3.00. The van der Waals surface area contributed by atoms with Crippen molar-refractivity contribution in [3.05, 3.63) is 72.2 Å². The summed E-state index contributed by atoms with van der Waals surface area (Å²) >= 11 is 1.98. The number of aryl methyl sites for hydroxylation is 2. The minimum absolute atomic E-state index is 0.434. The van der Waals surface area contributed by atoms with Crippen LogP contribution < -0.4 is 0 Å². The Bertz CT molecular complexity index is 839. The second-order valence-electron chi connectivity index (χ2n) is 11.6. The Kier molecular flexibility index (Phi) is 28.7. The molecule has 1 aromatic carbocycles. The van der Waals surface area contributed by atoms with E-state index in [-0.39, 0.29) is 0 Å². The number of ether oxygens (including phenoxy) is 1. The van der Waals surface area contributed by atoms with Crippen molar-refractivity contribution in [3.8, 4) is 0 Å². The highest BCUT2D eigenvalue weighted by atomic mass is 32.2. The zero-order chi connectivity index (χ0) is 32.0. The zero-order valence-corrected chi connectivity index (χ0v) is 29.7. The van der Waals surface area contributed by atoms with Crippen LogP contribution in [0.15, 0.2) is 61.0 Å². The van der Waals surface area contributed by atoms with Gasteiger partial charge in [-0.2, -0.15) is 11.8 Å². The summed E-state index contributed by atoms with van der Waals surface area (Å²) in [5.41, 5.74) is 3.98. The smallest absolute Gasteiger partial charge is 0.127 e. The lowest BCUT2D eigenvalue weighted by Gasteiger charge is -2.27. The number of nitrogens with zero attached hydrogens (tertiary/aromatic N) is 1. The molecule has 0 amide bonds. The Hall–Kier alpha value is -1.94. The number of hydrogen-bond acceptors (Lipinski definition) is 4. The molecule has 0 aliphatic heterocycles. The molecule has 0 fully saturated rings. The van der Waals surface area contributed by atoms with Crippen molar-refractivity contribution in [3.63, 3.8) is 0 Å². The Labute approximate surface area is 272 Å². The van der Waals surface area contributed by atoms with Gasteiger partial charge >= 0.3 is 0 Å². The fraction of sp³-hybridized carbons (Fsp3) is 0.667. The molecule has 0 saturated heterocycles. The molecule has 4 heteroatoms. The van der Waals surface area contributed by atoms with E-state index in [1.54, 1.807) is 0 Å². The van der Waals surface area contributed by atoms with Gasteiger partial charge in [0.2, 0.25) is 0 Å². The van der Waals surface area contributed by atoms with Crippen molar-refractivity contribution in [1.29, 1.82) is 0 Å². The van der Waals surface area contributed by atoms with Gasteiger partial charge in [0.25, 0.3) is 0 Å². The predicted octanol–water partition coefficient (Wildman–Crippen LogP) is 11.4. The van der Waals surface area contributed by atoms with Crippen LogP contribution in [-0.2, 0) is 22.4 Å². The van der Waals surface area contributed by atoms with Gasteiger partial charge in [-0.15, -0.1) is 0 Å². The first kappa shape index (κ1) is 41.1. The minimum Gasteiger partial charge on any atom is -0.492 e. The molecule has 0 aromatic heterocycles. The van der Waals surface area contributed by atoms with Crippen LogP contribution in [0.3, 0.4) is 0 Å². The maximum atomic E-state index is 10.6. The molecule has 0 N–H and O–H groups in total. The first-order valence-corrected chi connectivity index (χ1v) is 18.6. The second-order valence-corrected chi connectivity index (χ2v) is 13.0. The number of carbonyl (C=O) groups excluding carboxylic acids is 1. The minimum atomic E-state index is 0.434. The zero-order valence-electron chi connectivity index (χ0n) is 28.8. The number of unbranched alkanes of at least 4 members (excludes halogenated alkanes) is 4. The molecule has 0 aliphatic rings. The van der Waals surface area contributed by atoms with Crippen LogP contribution in [-0.4, -0.2) is 42.4 Å². The Morgan fingerprint density at radius 1 is 0.907 bits per heavy atom. The van der Waals surface area contributed by atoms with E-state index in [1.165, 1.54) is 74.0 Å². The largest absolute Gasteiger partial charge is 0.492 e.